The molecule has 0 bridgehead atoms. The van der Waals surface area contributed by atoms with Crippen LogP contribution in [0.2, 0.25) is 0 Å². The van der Waals surface area contributed by atoms with Crippen LogP contribution in [0.4, 0.5) is 8.78 Å². The number of aromatic nitrogens is 2. The van der Waals surface area contributed by atoms with E-state index in [4.69, 9.17) is 0 Å². The van der Waals surface area contributed by atoms with Crippen LogP contribution in [0.15, 0.2) is 67.0 Å². The van der Waals surface area contributed by atoms with Crippen molar-refractivity contribution in [1.29, 1.82) is 0 Å². The van der Waals surface area contributed by atoms with Crippen molar-refractivity contribution in [1.82, 2.24) is 14.7 Å². The van der Waals surface area contributed by atoms with Gasteiger partial charge in [-0.1, -0.05) is 12.1 Å². The van der Waals surface area contributed by atoms with Crippen molar-refractivity contribution >= 4 is 5.91 Å². The van der Waals surface area contributed by atoms with E-state index in [1.165, 1.54) is 12.1 Å². The van der Waals surface area contributed by atoms with E-state index in [9.17, 15) is 13.6 Å². The van der Waals surface area contributed by atoms with Gasteiger partial charge in [-0.05, 0) is 48.0 Å². The zero-order valence-electron chi connectivity index (χ0n) is 14.0. The van der Waals surface area contributed by atoms with Gasteiger partial charge in [-0.15, -0.1) is 0 Å². The molecule has 0 saturated heterocycles. The Bertz CT molecular complexity index is 848. The molecule has 0 aliphatic rings. The maximum atomic E-state index is 12.5. The lowest BCUT2D eigenvalue weighted by molar-refractivity contribution is -0.0498. The Labute approximate surface area is 149 Å². The molecule has 3 rings (SSSR count). The maximum absolute atomic E-state index is 12.5. The van der Waals surface area contributed by atoms with Crippen LogP contribution in [0.5, 0.6) is 5.75 Å². The van der Waals surface area contributed by atoms with E-state index in [0.717, 1.165) is 11.3 Å². The van der Waals surface area contributed by atoms with E-state index in [1.54, 1.807) is 47.1 Å². The van der Waals surface area contributed by atoms with Crippen LogP contribution >= 0.6 is 0 Å². The molecule has 0 fully saturated rings. The largest absolute Gasteiger partial charge is 0.435 e. The molecule has 1 aromatic heterocycles. The standard InChI is InChI=1S/C19H17F2N3O2/c1-23(13-14-3-9-17(10-4-14)26-19(20)21)18(25)15-5-7-16(8-6-15)24-12-2-11-22-24/h2-12,19H,13H2,1H3. The zero-order chi connectivity index (χ0) is 18.5. The van der Waals surface area contributed by atoms with Gasteiger partial charge in [0.25, 0.3) is 5.91 Å². The number of amides is 1. The molecule has 2 aromatic carbocycles. The minimum absolute atomic E-state index is 0.0898. The van der Waals surface area contributed by atoms with Crippen molar-refractivity contribution in [3.8, 4) is 11.4 Å². The molecular formula is C19H17F2N3O2. The number of nitrogens with zero attached hydrogens (tertiary/aromatic N) is 3. The van der Waals surface area contributed by atoms with Gasteiger partial charge in [-0.3, -0.25) is 4.79 Å². The van der Waals surface area contributed by atoms with Gasteiger partial charge in [-0.2, -0.15) is 13.9 Å². The van der Waals surface area contributed by atoms with Crippen LogP contribution < -0.4 is 4.74 Å². The summed E-state index contributed by atoms with van der Waals surface area (Å²) in [5.41, 5.74) is 2.24. The third-order valence-corrected chi connectivity index (χ3v) is 3.80. The first-order valence-corrected chi connectivity index (χ1v) is 7.92. The van der Waals surface area contributed by atoms with Gasteiger partial charge in [0.15, 0.2) is 0 Å². The van der Waals surface area contributed by atoms with Crippen molar-refractivity contribution in [3.63, 3.8) is 0 Å². The smallest absolute Gasteiger partial charge is 0.387 e. The highest BCUT2D eigenvalue weighted by Gasteiger charge is 2.13. The molecule has 0 aliphatic carbocycles. The number of alkyl halides is 2. The number of carbonyl (C=O) groups is 1. The molecule has 0 atom stereocenters. The zero-order valence-corrected chi connectivity index (χ0v) is 14.0. The first-order valence-electron chi connectivity index (χ1n) is 7.92. The maximum Gasteiger partial charge on any atom is 0.387 e. The summed E-state index contributed by atoms with van der Waals surface area (Å²) in [5.74, 6) is -0.0446. The minimum atomic E-state index is -2.85. The van der Waals surface area contributed by atoms with E-state index in [2.05, 4.69) is 9.84 Å². The molecule has 1 amide bonds. The summed E-state index contributed by atoms with van der Waals surface area (Å²) in [4.78, 5) is 14.1. The topological polar surface area (TPSA) is 47.4 Å². The summed E-state index contributed by atoms with van der Waals surface area (Å²) in [6.07, 6.45) is 3.51. The molecule has 7 heteroatoms. The number of halogens is 2. The molecule has 5 nitrogen and oxygen atoms in total. The molecular weight excluding hydrogens is 340 g/mol. The predicted octanol–water partition coefficient (Wildman–Crippen LogP) is 3.75. The summed E-state index contributed by atoms with van der Waals surface area (Å²) in [5, 5.41) is 4.14. The van der Waals surface area contributed by atoms with Gasteiger partial charge in [0.1, 0.15) is 5.75 Å². The predicted molar refractivity (Wildman–Crippen MR) is 92.4 cm³/mol. The number of ether oxygens (including phenoxy) is 1. The second-order valence-electron chi connectivity index (χ2n) is 5.68. The third kappa shape index (κ3) is 4.24. The molecule has 0 N–H and O–H groups in total. The Morgan fingerprint density at radius 3 is 2.42 bits per heavy atom. The third-order valence-electron chi connectivity index (χ3n) is 3.80. The summed E-state index contributed by atoms with van der Waals surface area (Å²) < 4.78 is 30.3. The van der Waals surface area contributed by atoms with Gasteiger partial charge >= 0.3 is 6.61 Å². The van der Waals surface area contributed by atoms with Crippen LogP contribution in [0.3, 0.4) is 0 Å². The average Bonchev–Trinajstić information content (AvgIpc) is 3.17. The Balaban J connectivity index is 1.64. The summed E-state index contributed by atoms with van der Waals surface area (Å²) in [6, 6.07) is 15.2. The monoisotopic (exact) mass is 357 g/mol. The summed E-state index contributed by atoms with van der Waals surface area (Å²) in [6.45, 7) is -2.50. The lowest BCUT2D eigenvalue weighted by atomic mass is 10.1. The van der Waals surface area contributed by atoms with Gasteiger partial charge < -0.3 is 9.64 Å². The Morgan fingerprint density at radius 1 is 1.15 bits per heavy atom. The van der Waals surface area contributed by atoms with Crippen LogP contribution in [-0.4, -0.2) is 34.2 Å². The van der Waals surface area contributed by atoms with Gasteiger partial charge in [0.2, 0.25) is 0 Å². The molecule has 0 unspecified atom stereocenters. The van der Waals surface area contributed by atoms with Crippen LogP contribution in [0, 0.1) is 0 Å². The lowest BCUT2D eigenvalue weighted by Gasteiger charge is -2.18. The Hall–Kier alpha value is -3.22. The van der Waals surface area contributed by atoms with E-state index in [0.29, 0.717) is 12.1 Å². The lowest BCUT2D eigenvalue weighted by Crippen LogP contribution is -2.26. The highest BCUT2D eigenvalue weighted by atomic mass is 19.3. The fraction of sp³-hybridized carbons (Fsp3) is 0.158. The SMILES string of the molecule is CN(Cc1ccc(OC(F)F)cc1)C(=O)c1ccc(-n2cccn2)cc1. The second kappa shape index (κ2) is 7.77. The highest BCUT2D eigenvalue weighted by Crippen LogP contribution is 2.17. The quantitative estimate of drug-likeness (QED) is 0.675. The van der Waals surface area contributed by atoms with E-state index >= 15 is 0 Å². The van der Waals surface area contributed by atoms with Crippen molar-refractivity contribution in [2.45, 2.75) is 13.2 Å². The van der Waals surface area contributed by atoms with E-state index < -0.39 is 6.61 Å². The van der Waals surface area contributed by atoms with E-state index in [1.807, 2.05) is 24.4 Å². The minimum Gasteiger partial charge on any atom is -0.435 e. The van der Waals surface area contributed by atoms with Crippen molar-refractivity contribution in [2.75, 3.05) is 7.05 Å². The van der Waals surface area contributed by atoms with Crippen LogP contribution in [-0.2, 0) is 6.54 Å². The second-order valence-corrected chi connectivity index (χ2v) is 5.68. The Morgan fingerprint density at radius 2 is 1.85 bits per heavy atom. The van der Waals surface area contributed by atoms with Crippen molar-refractivity contribution in [3.05, 3.63) is 78.1 Å². The number of hydrogen-bond acceptors (Lipinski definition) is 3. The fourth-order valence-corrected chi connectivity index (χ4v) is 2.52. The number of rotatable bonds is 6. The molecule has 26 heavy (non-hydrogen) atoms. The number of carbonyl (C=O) groups excluding carboxylic acids is 1. The highest BCUT2D eigenvalue weighted by molar-refractivity contribution is 5.94. The number of benzene rings is 2. The molecule has 0 saturated carbocycles. The van der Waals surface area contributed by atoms with Crippen LogP contribution in [0.25, 0.3) is 5.69 Å². The molecule has 0 spiro atoms. The molecule has 134 valence electrons. The summed E-state index contributed by atoms with van der Waals surface area (Å²) >= 11 is 0. The van der Waals surface area contributed by atoms with E-state index in [-0.39, 0.29) is 11.7 Å². The van der Waals surface area contributed by atoms with Gasteiger partial charge in [-0.25, -0.2) is 4.68 Å². The van der Waals surface area contributed by atoms with Gasteiger partial charge in [0, 0.05) is 31.5 Å². The molecule has 0 radical (unpaired) electrons. The first kappa shape index (κ1) is 17.6. The molecule has 1 heterocycles. The first-order chi connectivity index (χ1) is 12.5. The van der Waals surface area contributed by atoms with Crippen molar-refractivity contribution in [2.24, 2.45) is 0 Å². The van der Waals surface area contributed by atoms with Crippen molar-refractivity contribution < 1.29 is 18.3 Å². The van der Waals surface area contributed by atoms with Crippen LogP contribution in [0.1, 0.15) is 15.9 Å². The molecule has 3 aromatic rings. The Kier molecular flexibility index (Phi) is 5.26. The average molecular weight is 357 g/mol. The fourth-order valence-electron chi connectivity index (χ4n) is 2.52. The molecule has 0 aliphatic heterocycles. The normalized spacial score (nSPS) is 10.8. The summed E-state index contributed by atoms with van der Waals surface area (Å²) in [7, 11) is 1.69. The number of hydrogen-bond donors (Lipinski definition) is 0. The van der Waals surface area contributed by atoms with Gasteiger partial charge in [0.05, 0.1) is 5.69 Å².